The van der Waals surface area contributed by atoms with Crippen LogP contribution in [0.2, 0.25) is 5.02 Å². The van der Waals surface area contributed by atoms with Crippen LogP contribution in [0.5, 0.6) is 0 Å². The normalized spacial score (nSPS) is 18.0. The molecule has 1 fully saturated rings. The Hall–Kier alpha value is -0.180. The summed E-state index contributed by atoms with van der Waals surface area (Å²) in [6.07, 6.45) is 1.24. The Morgan fingerprint density at radius 3 is 2.62 bits per heavy atom. The molecule has 1 N–H and O–H groups in total. The second kappa shape index (κ2) is 7.39. The quantitative estimate of drug-likeness (QED) is 0.826. The van der Waals surface area contributed by atoms with Crippen LogP contribution < -0.4 is 0 Å². The Labute approximate surface area is 138 Å². The van der Waals surface area contributed by atoms with Crippen molar-refractivity contribution < 1.29 is 18.3 Å². The first kappa shape index (κ1) is 17.2. The molecule has 8 heteroatoms. The monoisotopic (exact) mass is 397 g/mol. The molecule has 2 rings (SSSR count). The molecule has 0 bridgehead atoms. The van der Waals surface area contributed by atoms with E-state index in [0.29, 0.717) is 25.9 Å². The lowest BCUT2D eigenvalue weighted by Gasteiger charge is -2.31. The fourth-order valence-electron chi connectivity index (χ4n) is 2.28. The Balaban J connectivity index is 2.08. The molecule has 0 saturated carbocycles. The smallest absolute Gasteiger partial charge is 0.244 e. The van der Waals surface area contributed by atoms with Crippen molar-refractivity contribution in [2.24, 2.45) is 0 Å². The first-order chi connectivity index (χ1) is 9.95. The van der Waals surface area contributed by atoms with Crippen molar-refractivity contribution in [2.75, 3.05) is 26.3 Å². The molecule has 5 nitrogen and oxygen atoms in total. The summed E-state index contributed by atoms with van der Waals surface area (Å²) < 4.78 is 32.8. The van der Waals surface area contributed by atoms with E-state index in [1.165, 1.54) is 10.4 Å². The number of ether oxygens (including phenoxy) is 1. The van der Waals surface area contributed by atoms with Gasteiger partial charge in [-0.2, -0.15) is 4.31 Å². The summed E-state index contributed by atoms with van der Waals surface area (Å²) in [5.41, 5.74) is 0. The van der Waals surface area contributed by atoms with Crippen molar-refractivity contribution >= 4 is 37.6 Å². The topological polar surface area (TPSA) is 66.8 Å². The van der Waals surface area contributed by atoms with E-state index >= 15 is 0 Å². The van der Waals surface area contributed by atoms with Crippen LogP contribution in [0.1, 0.15) is 12.8 Å². The maximum absolute atomic E-state index is 12.6. The molecule has 1 aromatic rings. The third-order valence-electron chi connectivity index (χ3n) is 3.36. The fraction of sp³-hybridized carbons (Fsp3) is 0.538. The Kier molecular flexibility index (Phi) is 6.05. The second-order valence-electron chi connectivity index (χ2n) is 4.77. The molecule has 1 heterocycles. The highest BCUT2D eigenvalue weighted by Gasteiger charge is 2.31. The molecule has 1 aromatic carbocycles. The third kappa shape index (κ3) is 4.18. The largest absolute Gasteiger partial charge is 0.394 e. The summed E-state index contributed by atoms with van der Waals surface area (Å²) in [6, 6.07) is 4.75. The van der Waals surface area contributed by atoms with Crippen molar-refractivity contribution in [3.05, 3.63) is 27.7 Å². The molecular formula is C13H17BrClNO4S. The number of aliphatic hydroxyl groups excluding tert-OH is 1. The van der Waals surface area contributed by atoms with E-state index in [0.717, 1.165) is 4.47 Å². The van der Waals surface area contributed by atoms with Crippen LogP contribution in [0, 0.1) is 0 Å². The van der Waals surface area contributed by atoms with Crippen molar-refractivity contribution in [1.29, 1.82) is 0 Å². The molecular weight excluding hydrogens is 382 g/mol. The molecule has 1 aliphatic rings. The Morgan fingerprint density at radius 2 is 2.05 bits per heavy atom. The average molecular weight is 399 g/mol. The number of rotatable bonds is 5. The van der Waals surface area contributed by atoms with Gasteiger partial charge in [-0.3, -0.25) is 0 Å². The molecule has 1 saturated heterocycles. The number of aliphatic hydroxyl groups is 1. The fourth-order valence-corrected chi connectivity index (χ4v) is 4.76. The maximum Gasteiger partial charge on any atom is 0.244 e. The van der Waals surface area contributed by atoms with Crippen molar-refractivity contribution in [3.63, 3.8) is 0 Å². The van der Waals surface area contributed by atoms with E-state index in [1.54, 1.807) is 12.1 Å². The lowest BCUT2D eigenvalue weighted by molar-refractivity contribution is 0.00318. The molecule has 0 amide bonds. The zero-order valence-corrected chi connectivity index (χ0v) is 14.5. The number of hydrogen-bond donors (Lipinski definition) is 1. The Bertz CT molecular complexity index is 588. The van der Waals surface area contributed by atoms with Crippen molar-refractivity contribution in [3.8, 4) is 0 Å². The van der Waals surface area contributed by atoms with Gasteiger partial charge in [0.25, 0.3) is 0 Å². The Morgan fingerprint density at radius 1 is 1.38 bits per heavy atom. The van der Waals surface area contributed by atoms with Gasteiger partial charge in [-0.25, -0.2) is 8.42 Å². The zero-order valence-electron chi connectivity index (χ0n) is 11.3. The van der Waals surface area contributed by atoms with Gasteiger partial charge in [0.1, 0.15) is 4.90 Å². The lowest BCUT2D eigenvalue weighted by Crippen LogP contribution is -2.41. The highest BCUT2D eigenvalue weighted by atomic mass is 79.9. The van der Waals surface area contributed by atoms with Gasteiger partial charge in [0.15, 0.2) is 0 Å². The molecule has 0 radical (unpaired) electrons. The van der Waals surface area contributed by atoms with E-state index in [9.17, 15) is 8.42 Å². The third-order valence-corrected chi connectivity index (χ3v) is 6.23. The molecule has 0 aromatic heterocycles. The summed E-state index contributed by atoms with van der Waals surface area (Å²) in [6.45, 7) is 1.05. The predicted octanol–water partition coefficient (Wildman–Crippen LogP) is 2.26. The molecule has 0 unspecified atom stereocenters. The molecule has 21 heavy (non-hydrogen) atoms. The van der Waals surface area contributed by atoms with Crippen LogP contribution in [0.15, 0.2) is 27.6 Å². The zero-order chi connectivity index (χ0) is 15.5. The van der Waals surface area contributed by atoms with Crippen LogP contribution in [-0.2, 0) is 14.8 Å². The number of benzene rings is 1. The van der Waals surface area contributed by atoms with Gasteiger partial charge in [-0.05, 0) is 31.0 Å². The summed E-state index contributed by atoms with van der Waals surface area (Å²) in [4.78, 5) is 0.127. The summed E-state index contributed by atoms with van der Waals surface area (Å²) >= 11 is 9.30. The van der Waals surface area contributed by atoms with Crippen molar-refractivity contribution in [1.82, 2.24) is 4.31 Å². The minimum atomic E-state index is -3.58. The van der Waals surface area contributed by atoms with E-state index in [-0.39, 0.29) is 29.2 Å². The van der Waals surface area contributed by atoms with E-state index in [4.69, 9.17) is 21.4 Å². The maximum atomic E-state index is 12.6. The van der Waals surface area contributed by atoms with Gasteiger partial charge < -0.3 is 9.84 Å². The van der Waals surface area contributed by atoms with Crippen molar-refractivity contribution in [2.45, 2.75) is 23.8 Å². The first-order valence-electron chi connectivity index (χ1n) is 6.63. The van der Waals surface area contributed by atoms with E-state index in [1.807, 2.05) is 0 Å². The summed E-state index contributed by atoms with van der Waals surface area (Å²) in [7, 11) is -3.58. The van der Waals surface area contributed by atoms with Gasteiger partial charge in [-0.15, -0.1) is 0 Å². The SMILES string of the molecule is O=S(=O)(c1ccc(Br)cc1Cl)N1CCC(OCCO)CC1. The van der Waals surface area contributed by atoms with E-state index < -0.39 is 10.0 Å². The predicted molar refractivity (Wildman–Crippen MR) is 84.0 cm³/mol. The highest BCUT2D eigenvalue weighted by molar-refractivity contribution is 9.10. The first-order valence-corrected chi connectivity index (χ1v) is 9.24. The van der Waals surface area contributed by atoms with Gasteiger partial charge in [-0.1, -0.05) is 27.5 Å². The summed E-state index contributed by atoms with van der Waals surface area (Å²) in [5, 5.41) is 8.94. The van der Waals surface area contributed by atoms with Crippen LogP contribution in [0.4, 0.5) is 0 Å². The molecule has 0 spiro atoms. The summed E-state index contributed by atoms with van der Waals surface area (Å²) in [5.74, 6) is 0. The lowest BCUT2D eigenvalue weighted by atomic mass is 10.1. The average Bonchev–Trinajstić information content (AvgIpc) is 2.45. The molecule has 0 atom stereocenters. The highest BCUT2D eigenvalue weighted by Crippen LogP contribution is 2.29. The molecule has 0 aliphatic carbocycles. The number of piperidine rings is 1. The van der Waals surface area contributed by atoms with Gasteiger partial charge >= 0.3 is 0 Å². The van der Waals surface area contributed by atoms with E-state index in [2.05, 4.69) is 15.9 Å². The number of nitrogens with zero attached hydrogens (tertiary/aromatic N) is 1. The van der Waals surface area contributed by atoms with Gasteiger partial charge in [0.05, 0.1) is 24.3 Å². The van der Waals surface area contributed by atoms with Gasteiger partial charge in [0.2, 0.25) is 10.0 Å². The van der Waals surface area contributed by atoms with Gasteiger partial charge in [0, 0.05) is 17.6 Å². The van der Waals surface area contributed by atoms with Crippen LogP contribution in [-0.4, -0.2) is 50.2 Å². The molecule has 118 valence electrons. The minimum Gasteiger partial charge on any atom is -0.394 e. The van der Waals surface area contributed by atoms with Crippen LogP contribution in [0.3, 0.4) is 0 Å². The standard InChI is InChI=1S/C13H17BrClNO4S/c14-10-1-2-13(12(15)9-10)21(18,19)16-5-3-11(4-6-16)20-8-7-17/h1-2,9,11,17H,3-8H2. The molecule has 1 aliphatic heterocycles. The van der Waals surface area contributed by atoms with Crippen LogP contribution in [0.25, 0.3) is 0 Å². The van der Waals surface area contributed by atoms with Crippen LogP contribution >= 0.6 is 27.5 Å². The number of halogens is 2. The second-order valence-corrected chi connectivity index (χ2v) is 8.00. The number of hydrogen-bond acceptors (Lipinski definition) is 4. The number of sulfonamides is 1. The minimum absolute atomic E-state index is 0.00369.